The number of carboxylic acid groups (broad SMARTS) is 1. The predicted molar refractivity (Wildman–Crippen MR) is 76.4 cm³/mol. The van der Waals surface area contributed by atoms with Crippen molar-refractivity contribution in [2.75, 3.05) is 6.54 Å². The SMILES string of the molecule is C[C@@H](CC(=O)N1CCCC[C@H]1C(=O)O)c1ccc(F)cc1. The number of hydrogen-bond acceptors (Lipinski definition) is 2. The molecule has 5 heteroatoms. The second-order valence-corrected chi connectivity index (χ2v) is 5.59. The van der Waals surface area contributed by atoms with E-state index in [2.05, 4.69) is 0 Å². The summed E-state index contributed by atoms with van der Waals surface area (Å²) in [6.45, 7) is 2.40. The fourth-order valence-electron chi connectivity index (χ4n) is 2.78. The molecule has 0 saturated carbocycles. The van der Waals surface area contributed by atoms with Crippen molar-refractivity contribution < 1.29 is 19.1 Å². The molecule has 1 amide bonds. The Morgan fingerprint density at radius 2 is 2.00 bits per heavy atom. The number of benzene rings is 1. The van der Waals surface area contributed by atoms with Crippen LogP contribution in [0.4, 0.5) is 4.39 Å². The second kappa shape index (κ2) is 6.70. The molecule has 0 bridgehead atoms. The Kier molecular flexibility index (Phi) is 4.94. The zero-order valence-corrected chi connectivity index (χ0v) is 12.1. The zero-order valence-electron chi connectivity index (χ0n) is 12.1. The topological polar surface area (TPSA) is 57.6 Å². The molecule has 4 nitrogen and oxygen atoms in total. The minimum atomic E-state index is -0.933. The lowest BCUT2D eigenvalue weighted by molar-refractivity contribution is -0.152. The highest BCUT2D eigenvalue weighted by molar-refractivity contribution is 5.84. The summed E-state index contributed by atoms with van der Waals surface area (Å²) in [7, 11) is 0. The Morgan fingerprint density at radius 3 is 2.62 bits per heavy atom. The summed E-state index contributed by atoms with van der Waals surface area (Å²) in [5.74, 6) is -1.44. The fourth-order valence-corrected chi connectivity index (χ4v) is 2.78. The number of carbonyl (C=O) groups excluding carboxylic acids is 1. The van der Waals surface area contributed by atoms with Gasteiger partial charge in [-0.15, -0.1) is 0 Å². The maximum Gasteiger partial charge on any atom is 0.326 e. The Morgan fingerprint density at radius 1 is 1.33 bits per heavy atom. The summed E-state index contributed by atoms with van der Waals surface area (Å²) >= 11 is 0. The van der Waals surface area contributed by atoms with Gasteiger partial charge < -0.3 is 10.0 Å². The van der Waals surface area contributed by atoms with Crippen LogP contribution in [0.1, 0.15) is 44.1 Å². The van der Waals surface area contributed by atoms with Gasteiger partial charge >= 0.3 is 5.97 Å². The van der Waals surface area contributed by atoms with Crippen LogP contribution in [0.2, 0.25) is 0 Å². The number of hydrogen-bond donors (Lipinski definition) is 1. The van der Waals surface area contributed by atoms with Gasteiger partial charge in [0.2, 0.25) is 5.91 Å². The van der Waals surface area contributed by atoms with Crippen LogP contribution in [0, 0.1) is 5.82 Å². The predicted octanol–water partition coefficient (Wildman–Crippen LogP) is 2.79. The molecule has 2 atom stereocenters. The molecule has 1 aromatic rings. The minimum absolute atomic E-state index is 0.0607. The average molecular weight is 293 g/mol. The first-order valence-electron chi connectivity index (χ1n) is 7.26. The van der Waals surface area contributed by atoms with E-state index in [9.17, 15) is 19.1 Å². The maximum atomic E-state index is 12.9. The summed E-state index contributed by atoms with van der Waals surface area (Å²) in [5, 5.41) is 9.20. The first-order valence-corrected chi connectivity index (χ1v) is 7.26. The third-order valence-electron chi connectivity index (χ3n) is 4.03. The lowest BCUT2D eigenvalue weighted by Crippen LogP contribution is -2.48. The van der Waals surface area contributed by atoms with Crippen LogP contribution in [0.5, 0.6) is 0 Å². The van der Waals surface area contributed by atoms with Crippen LogP contribution in [0.25, 0.3) is 0 Å². The Labute approximate surface area is 123 Å². The summed E-state index contributed by atoms with van der Waals surface area (Å²) in [6.07, 6.45) is 2.45. The monoisotopic (exact) mass is 293 g/mol. The highest BCUT2D eigenvalue weighted by Gasteiger charge is 2.32. The number of carbonyl (C=O) groups is 2. The van der Waals surface area contributed by atoms with Crippen LogP contribution in [-0.4, -0.2) is 34.5 Å². The molecule has 2 rings (SSSR count). The number of carboxylic acids is 1. The van der Waals surface area contributed by atoms with Gasteiger partial charge in [0.25, 0.3) is 0 Å². The van der Waals surface area contributed by atoms with Gasteiger partial charge in [-0.05, 0) is 42.9 Å². The molecule has 0 spiro atoms. The van der Waals surface area contributed by atoms with Crippen molar-refractivity contribution in [1.82, 2.24) is 4.90 Å². The molecule has 21 heavy (non-hydrogen) atoms. The van der Waals surface area contributed by atoms with Crippen LogP contribution in [0.15, 0.2) is 24.3 Å². The van der Waals surface area contributed by atoms with Gasteiger partial charge in [-0.1, -0.05) is 19.1 Å². The lowest BCUT2D eigenvalue weighted by Gasteiger charge is -2.33. The average Bonchev–Trinajstić information content (AvgIpc) is 2.47. The molecule has 1 heterocycles. The number of halogens is 1. The maximum absolute atomic E-state index is 12.9. The van der Waals surface area contributed by atoms with Crippen molar-refractivity contribution in [2.45, 2.75) is 44.6 Å². The Bertz CT molecular complexity index is 515. The zero-order chi connectivity index (χ0) is 15.4. The van der Waals surface area contributed by atoms with Crippen molar-refractivity contribution in [3.8, 4) is 0 Å². The summed E-state index contributed by atoms with van der Waals surface area (Å²) in [6, 6.07) is 5.37. The van der Waals surface area contributed by atoms with Crippen molar-refractivity contribution in [2.24, 2.45) is 0 Å². The third-order valence-corrected chi connectivity index (χ3v) is 4.03. The van der Waals surface area contributed by atoms with Gasteiger partial charge in [-0.25, -0.2) is 9.18 Å². The van der Waals surface area contributed by atoms with E-state index in [0.717, 1.165) is 18.4 Å². The van der Waals surface area contributed by atoms with Gasteiger partial charge in [0.15, 0.2) is 0 Å². The number of amides is 1. The van der Waals surface area contributed by atoms with Crippen molar-refractivity contribution in [3.63, 3.8) is 0 Å². The standard InChI is InChI=1S/C16H20FNO3/c1-11(12-5-7-13(17)8-6-12)10-15(19)18-9-3-2-4-14(18)16(20)21/h5-8,11,14H,2-4,9-10H2,1H3,(H,20,21)/t11-,14-/m0/s1. The second-order valence-electron chi connectivity index (χ2n) is 5.59. The molecule has 1 fully saturated rings. The first-order chi connectivity index (χ1) is 9.99. The number of aliphatic carboxylic acids is 1. The van der Waals surface area contributed by atoms with Gasteiger partial charge in [-0.2, -0.15) is 0 Å². The normalized spacial score (nSPS) is 20.1. The number of nitrogens with zero attached hydrogens (tertiary/aromatic N) is 1. The fraction of sp³-hybridized carbons (Fsp3) is 0.500. The number of piperidine rings is 1. The third kappa shape index (κ3) is 3.80. The molecule has 0 unspecified atom stereocenters. The molecular weight excluding hydrogens is 273 g/mol. The van der Waals surface area contributed by atoms with Gasteiger partial charge in [0.05, 0.1) is 0 Å². The van der Waals surface area contributed by atoms with E-state index in [-0.39, 0.29) is 24.1 Å². The molecule has 114 valence electrons. The molecule has 1 aromatic carbocycles. The minimum Gasteiger partial charge on any atom is -0.480 e. The Hall–Kier alpha value is -1.91. The molecule has 0 radical (unpaired) electrons. The van der Waals surface area contributed by atoms with Crippen LogP contribution >= 0.6 is 0 Å². The Balaban J connectivity index is 2.02. The van der Waals surface area contributed by atoms with E-state index in [1.54, 1.807) is 12.1 Å². The van der Waals surface area contributed by atoms with E-state index in [1.807, 2.05) is 6.92 Å². The smallest absolute Gasteiger partial charge is 0.326 e. The van der Waals surface area contributed by atoms with Crippen LogP contribution in [0.3, 0.4) is 0 Å². The largest absolute Gasteiger partial charge is 0.480 e. The molecule has 0 aromatic heterocycles. The lowest BCUT2D eigenvalue weighted by atomic mass is 9.95. The van der Waals surface area contributed by atoms with E-state index >= 15 is 0 Å². The number of rotatable bonds is 4. The van der Waals surface area contributed by atoms with E-state index < -0.39 is 12.0 Å². The van der Waals surface area contributed by atoms with E-state index in [0.29, 0.717) is 13.0 Å². The molecular formula is C16H20FNO3. The molecule has 1 saturated heterocycles. The molecule has 1 aliphatic heterocycles. The van der Waals surface area contributed by atoms with Gasteiger partial charge in [0.1, 0.15) is 11.9 Å². The number of likely N-dealkylation sites (tertiary alicyclic amines) is 1. The van der Waals surface area contributed by atoms with Crippen molar-refractivity contribution in [1.29, 1.82) is 0 Å². The molecule has 0 aliphatic carbocycles. The van der Waals surface area contributed by atoms with E-state index in [4.69, 9.17) is 0 Å². The highest BCUT2D eigenvalue weighted by atomic mass is 19.1. The first kappa shape index (κ1) is 15.5. The van der Waals surface area contributed by atoms with Crippen molar-refractivity contribution in [3.05, 3.63) is 35.6 Å². The van der Waals surface area contributed by atoms with Crippen LogP contribution < -0.4 is 0 Å². The summed E-state index contributed by atoms with van der Waals surface area (Å²) < 4.78 is 12.9. The summed E-state index contributed by atoms with van der Waals surface area (Å²) in [4.78, 5) is 25.1. The van der Waals surface area contributed by atoms with Crippen LogP contribution in [-0.2, 0) is 9.59 Å². The quantitative estimate of drug-likeness (QED) is 0.928. The van der Waals surface area contributed by atoms with Gasteiger partial charge in [0, 0.05) is 13.0 Å². The highest BCUT2D eigenvalue weighted by Crippen LogP contribution is 2.24. The molecule has 1 N–H and O–H groups in total. The van der Waals surface area contributed by atoms with E-state index in [1.165, 1.54) is 17.0 Å². The summed E-state index contributed by atoms with van der Waals surface area (Å²) in [5.41, 5.74) is 0.883. The molecule has 1 aliphatic rings. The van der Waals surface area contributed by atoms with Gasteiger partial charge in [-0.3, -0.25) is 4.79 Å². The van der Waals surface area contributed by atoms with Crippen molar-refractivity contribution >= 4 is 11.9 Å².